The van der Waals surface area contributed by atoms with E-state index in [1.54, 1.807) is 13.0 Å². The molecule has 1 amide bonds. The second kappa shape index (κ2) is 5.05. The van der Waals surface area contributed by atoms with Crippen LogP contribution < -0.4 is 20.1 Å². The van der Waals surface area contributed by atoms with Crippen molar-refractivity contribution in [2.45, 2.75) is 45.6 Å². The van der Waals surface area contributed by atoms with E-state index in [1.165, 1.54) is 12.1 Å². The molecular weight excluding hydrogens is 282 g/mol. The van der Waals surface area contributed by atoms with Crippen LogP contribution in [0.5, 0.6) is 11.5 Å². The van der Waals surface area contributed by atoms with Gasteiger partial charge in [-0.15, -0.1) is 8.78 Å². The fraction of sp³-hybridized carbons (Fsp3) is 0.500. The average molecular weight is 300 g/mol. The number of carbonyl (C=O) groups excluding carboxylic acids is 1. The summed E-state index contributed by atoms with van der Waals surface area (Å²) in [5.74, 6) is -0.281. The SMILES string of the molecule is CC(Nc1ccc2c(c1)OC(F)(F)O2)C(=O)NC(C)(C)C. The van der Waals surface area contributed by atoms with Gasteiger partial charge in [0.15, 0.2) is 11.5 Å². The summed E-state index contributed by atoms with van der Waals surface area (Å²) in [7, 11) is 0. The number of ether oxygens (including phenoxy) is 2. The normalized spacial score (nSPS) is 17.2. The number of nitrogens with one attached hydrogen (secondary N) is 2. The Kier molecular flexibility index (Phi) is 3.69. The third kappa shape index (κ3) is 3.96. The van der Waals surface area contributed by atoms with E-state index in [0.29, 0.717) is 5.69 Å². The molecule has 1 atom stereocenters. The molecule has 0 saturated heterocycles. The van der Waals surface area contributed by atoms with Gasteiger partial charge >= 0.3 is 6.29 Å². The zero-order valence-electron chi connectivity index (χ0n) is 12.3. The molecule has 5 nitrogen and oxygen atoms in total. The van der Waals surface area contributed by atoms with Gasteiger partial charge in [0.1, 0.15) is 6.04 Å². The fourth-order valence-corrected chi connectivity index (χ4v) is 1.83. The van der Waals surface area contributed by atoms with Crippen LogP contribution in [-0.2, 0) is 4.79 Å². The molecular formula is C14H18F2N2O3. The van der Waals surface area contributed by atoms with Gasteiger partial charge in [-0.05, 0) is 39.8 Å². The quantitative estimate of drug-likeness (QED) is 0.901. The van der Waals surface area contributed by atoms with Gasteiger partial charge < -0.3 is 20.1 Å². The van der Waals surface area contributed by atoms with Crippen LogP contribution in [0.2, 0.25) is 0 Å². The van der Waals surface area contributed by atoms with E-state index in [2.05, 4.69) is 20.1 Å². The molecule has 1 aromatic carbocycles. The Morgan fingerprint density at radius 2 is 1.86 bits per heavy atom. The number of carbonyl (C=O) groups is 1. The van der Waals surface area contributed by atoms with Crippen LogP contribution >= 0.6 is 0 Å². The lowest BCUT2D eigenvalue weighted by Gasteiger charge is -2.24. The summed E-state index contributed by atoms with van der Waals surface area (Å²) < 4.78 is 34.5. The van der Waals surface area contributed by atoms with Crippen LogP contribution in [0.1, 0.15) is 27.7 Å². The van der Waals surface area contributed by atoms with E-state index in [1.807, 2.05) is 20.8 Å². The molecule has 1 aliphatic rings. The highest BCUT2D eigenvalue weighted by molar-refractivity contribution is 5.84. The maximum absolute atomic E-state index is 12.9. The summed E-state index contributed by atoms with van der Waals surface area (Å²) in [5, 5.41) is 5.76. The van der Waals surface area contributed by atoms with Crippen molar-refractivity contribution in [1.29, 1.82) is 0 Å². The number of hydrogen-bond acceptors (Lipinski definition) is 4. The second-order valence-corrected chi connectivity index (χ2v) is 5.93. The summed E-state index contributed by atoms with van der Waals surface area (Å²) in [6.07, 6.45) is -3.64. The lowest BCUT2D eigenvalue weighted by Crippen LogP contribution is -2.47. The maximum Gasteiger partial charge on any atom is 0.586 e. The van der Waals surface area contributed by atoms with Crippen molar-refractivity contribution in [2.24, 2.45) is 0 Å². The van der Waals surface area contributed by atoms with E-state index < -0.39 is 12.3 Å². The van der Waals surface area contributed by atoms with Crippen molar-refractivity contribution in [1.82, 2.24) is 5.32 Å². The van der Waals surface area contributed by atoms with Crippen LogP contribution in [0.3, 0.4) is 0 Å². The van der Waals surface area contributed by atoms with E-state index in [9.17, 15) is 13.6 Å². The second-order valence-electron chi connectivity index (χ2n) is 5.93. The van der Waals surface area contributed by atoms with Crippen LogP contribution in [0.15, 0.2) is 18.2 Å². The molecule has 2 N–H and O–H groups in total. The van der Waals surface area contributed by atoms with Crippen LogP contribution in [-0.4, -0.2) is 23.8 Å². The lowest BCUT2D eigenvalue weighted by molar-refractivity contribution is -0.286. The zero-order chi connectivity index (χ0) is 15.8. The van der Waals surface area contributed by atoms with Crippen LogP contribution in [0.4, 0.5) is 14.5 Å². The molecule has 0 spiro atoms. The van der Waals surface area contributed by atoms with Gasteiger partial charge in [-0.25, -0.2) is 0 Å². The summed E-state index contributed by atoms with van der Waals surface area (Å²) in [6.45, 7) is 7.31. The highest BCUT2D eigenvalue weighted by atomic mass is 19.3. The Bertz CT molecular complexity index is 556. The van der Waals surface area contributed by atoms with Gasteiger partial charge in [0.05, 0.1) is 0 Å². The molecule has 1 heterocycles. The molecule has 7 heteroatoms. The first kappa shape index (κ1) is 15.3. The van der Waals surface area contributed by atoms with Crippen molar-refractivity contribution in [3.05, 3.63) is 18.2 Å². The molecule has 0 aromatic heterocycles. The van der Waals surface area contributed by atoms with E-state index in [0.717, 1.165) is 0 Å². The van der Waals surface area contributed by atoms with Gasteiger partial charge in [0, 0.05) is 17.3 Å². The minimum atomic E-state index is -3.64. The van der Waals surface area contributed by atoms with Gasteiger partial charge in [-0.1, -0.05) is 0 Å². The Labute approximate surface area is 121 Å². The van der Waals surface area contributed by atoms with Crippen molar-refractivity contribution in [3.8, 4) is 11.5 Å². The molecule has 1 aliphatic heterocycles. The standard InChI is InChI=1S/C14H18F2N2O3/c1-8(12(19)18-13(2,3)4)17-9-5-6-10-11(7-9)21-14(15,16)20-10/h5-8,17H,1-4H3,(H,18,19). The van der Waals surface area contributed by atoms with Crippen LogP contribution in [0.25, 0.3) is 0 Å². The molecule has 0 aliphatic carbocycles. The molecule has 1 unspecified atom stereocenters. The first-order valence-corrected chi connectivity index (χ1v) is 6.54. The Morgan fingerprint density at radius 3 is 2.48 bits per heavy atom. The molecule has 21 heavy (non-hydrogen) atoms. The van der Waals surface area contributed by atoms with E-state index in [4.69, 9.17) is 0 Å². The third-order valence-electron chi connectivity index (χ3n) is 2.68. The van der Waals surface area contributed by atoms with E-state index >= 15 is 0 Å². The number of anilines is 1. The Balaban J connectivity index is 2.03. The number of benzene rings is 1. The molecule has 1 aromatic rings. The van der Waals surface area contributed by atoms with Gasteiger partial charge in [0.2, 0.25) is 5.91 Å². The Hall–Kier alpha value is -2.05. The van der Waals surface area contributed by atoms with Crippen LogP contribution in [0, 0.1) is 0 Å². The molecule has 2 rings (SSSR count). The highest BCUT2D eigenvalue weighted by Gasteiger charge is 2.43. The molecule has 116 valence electrons. The van der Waals surface area contributed by atoms with Gasteiger partial charge in [0.25, 0.3) is 0 Å². The summed E-state index contributed by atoms with van der Waals surface area (Å²) in [4.78, 5) is 12.0. The predicted molar refractivity (Wildman–Crippen MR) is 73.6 cm³/mol. The Morgan fingerprint density at radius 1 is 1.24 bits per heavy atom. The first-order valence-electron chi connectivity index (χ1n) is 6.54. The van der Waals surface area contributed by atoms with Gasteiger partial charge in [-0.2, -0.15) is 0 Å². The minimum absolute atomic E-state index is 0.0302. The monoisotopic (exact) mass is 300 g/mol. The number of rotatable bonds is 3. The molecule has 0 fully saturated rings. The summed E-state index contributed by atoms with van der Waals surface area (Å²) >= 11 is 0. The van der Waals surface area contributed by atoms with Crippen molar-refractivity contribution in [2.75, 3.05) is 5.32 Å². The average Bonchev–Trinajstić information content (AvgIpc) is 2.59. The topological polar surface area (TPSA) is 59.6 Å². The molecule has 0 saturated carbocycles. The largest absolute Gasteiger partial charge is 0.586 e. The highest BCUT2D eigenvalue weighted by Crippen LogP contribution is 2.42. The number of alkyl halides is 2. The summed E-state index contributed by atoms with van der Waals surface area (Å²) in [6, 6.07) is 3.76. The number of fused-ring (bicyclic) bond motifs is 1. The minimum Gasteiger partial charge on any atom is -0.395 e. The third-order valence-corrected chi connectivity index (χ3v) is 2.68. The van der Waals surface area contributed by atoms with Gasteiger partial charge in [-0.3, -0.25) is 4.79 Å². The smallest absolute Gasteiger partial charge is 0.395 e. The summed E-state index contributed by atoms with van der Waals surface area (Å²) in [5.41, 5.74) is 0.149. The number of halogens is 2. The first-order chi connectivity index (χ1) is 9.56. The number of amides is 1. The number of hydrogen-bond donors (Lipinski definition) is 2. The predicted octanol–water partition coefficient (Wildman–Crippen LogP) is 2.72. The van der Waals surface area contributed by atoms with Crippen molar-refractivity contribution in [3.63, 3.8) is 0 Å². The maximum atomic E-state index is 12.9. The lowest BCUT2D eigenvalue weighted by atomic mass is 10.1. The molecule has 0 bridgehead atoms. The van der Waals surface area contributed by atoms with Crippen molar-refractivity contribution < 1.29 is 23.0 Å². The van der Waals surface area contributed by atoms with Crippen molar-refractivity contribution >= 4 is 11.6 Å². The molecule has 0 radical (unpaired) electrons. The zero-order valence-corrected chi connectivity index (χ0v) is 12.3. The fourth-order valence-electron chi connectivity index (χ4n) is 1.83. The van der Waals surface area contributed by atoms with E-state index in [-0.39, 0.29) is 22.9 Å².